The van der Waals surface area contributed by atoms with Gasteiger partial charge in [0.25, 0.3) is 11.8 Å². The molecule has 3 aromatic rings. The summed E-state index contributed by atoms with van der Waals surface area (Å²) in [6, 6.07) is 4.23. The third kappa shape index (κ3) is 8.27. The molecule has 5 rings (SSSR count). The van der Waals surface area contributed by atoms with Crippen molar-refractivity contribution in [2.24, 2.45) is 11.8 Å². The van der Waals surface area contributed by atoms with Gasteiger partial charge in [-0.3, -0.25) is 19.2 Å². The van der Waals surface area contributed by atoms with Crippen LogP contribution in [-0.2, 0) is 16.0 Å². The number of aromatic nitrogens is 2. The Hall–Kier alpha value is -4.17. The van der Waals surface area contributed by atoms with Crippen molar-refractivity contribution in [2.75, 3.05) is 38.5 Å². The smallest absolute Gasteiger partial charge is 0.287 e. The van der Waals surface area contributed by atoms with E-state index in [0.29, 0.717) is 44.1 Å². The number of nitrogens with zero attached hydrogens (tertiary/aromatic N) is 4. The van der Waals surface area contributed by atoms with Crippen LogP contribution in [0.4, 0.5) is 10.1 Å². The number of aryl methyl sites for hydroxylation is 1. The van der Waals surface area contributed by atoms with Crippen LogP contribution in [0.3, 0.4) is 0 Å². The number of likely N-dealkylation sites (N-methyl/N-ethyl adjacent to an activating group) is 1. The normalized spacial score (nSPS) is 20.4. The summed E-state index contributed by atoms with van der Waals surface area (Å²) in [5, 5.41) is 12.1. The van der Waals surface area contributed by atoms with E-state index in [0.717, 1.165) is 42.8 Å². The van der Waals surface area contributed by atoms with E-state index in [2.05, 4.69) is 37.4 Å². The maximum Gasteiger partial charge on any atom is 0.287 e. The SMILES string of the molecule is CCc1ccoc1C(=O)N[C@H](C(=O)Nc1ccc([C@H](C)[C@@H](NC(=O)c2cnns2)C(=O)N2CCN(C)CC2)cc1F)C1CCC(C)CC1. The average molecular weight is 682 g/mol. The van der Waals surface area contributed by atoms with Gasteiger partial charge in [-0.15, -0.1) is 5.10 Å². The zero-order valence-electron chi connectivity index (χ0n) is 27.8. The predicted octanol–water partition coefficient (Wildman–Crippen LogP) is 4.07. The van der Waals surface area contributed by atoms with Crippen molar-refractivity contribution in [3.05, 3.63) is 64.3 Å². The third-order valence-electron chi connectivity index (χ3n) is 9.66. The van der Waals surface area contributed by atoms with Gasteiger partial charge in [-0.2, -0.15) is 0 Å². The minimum atomic E-state index is -0.981. The Bertz CT molecular complexity index is 1580. The van der Waals surface area contributed by atoms with Gasteiger partial charge in [-0.25, -0.2) is 4.39 Å². The minimum absolute atomic E-state index is 0.0478. The van der Waals surface area contributed by atoms with Crippen LogP contribution in [0.2, 0.25) is 0 Å². The fraction of sp³-hybridized carbons (Fsp3) is 0.529. The van der Waals surface area contributed by atoms with Crippen molar-refractivity contribution in [3.8, 4) is 0 Å². The molecule has 14 heteroatoms. The fourth-order valence-corrected chi connectivity index (χ4v) is 6.88. The molecule has 0 radical (unpaired) electrons. The molecule has 0 bridgehead atoms. The van der Waals surface area contributed by atoms with Gasteiger partial charge in [-0.05, 0) is 73.4 Å². The third-order valence-corrected chi connectivity index (χ3v) is 10.3. The molecule has 1 saturated heterocycles. The predicted molar refractivity (Wildman–Crippen MR) is 179 cm³/mol. The minimum Gasteiger partial charge on any atom is -0.459 e. The Kier molecular flexibility index (Phi) is 11.6. The first-order valence-corrected chi connectivity index (χ1v) is 17.4. The monoisotopic (exact) mass is 681 g/mol. The number of hydrogen-bond donors (Lipinski definition) is 3. The number of anilines is 1. The van der Waals surface area contributed by atoms with Gasteiger partial charge < -0.3 is 30.2 Å². The second kappa shape index (κ2) is 15.8. The fourth-order valence-electron chi connectivity index (χ4n) is 6.46. The molecule has 1 saturated carbocycles. The summed E-state index contributed by atoms with van der Waals surface area (Å²) >= 11 is 0.919. The lowest BCUT2D eigenvalue weighted by Crippen LogP contribution is -2.55. The summed E-state index contributed by atoms with van der Waals surface area (Å²) in [4.78, 5) is 57.8. The van der Waals surface area contributed by atoms with Crippen LogP contribution in [0.25, 0.3) is 0 Å². The van der Waals surface area contributed by atoms with Gasteiger partial charge in [0.15, 0.2) is 5.76 Å². The quantitative estimate of drug-likeness (QED) is 0.274. The van der Waals surface area contributed by atoms with Crippen LogP contribution in [0, 0.1) is 17.7 Å². The Labute approximate surface area is 284 Å². The van der Waals surface area contributed by atoms with Crippen molar-refractivity contribution < 1.29 is 28.0 Å². The number of furan rings is 1. The van der Waals surface area contributed by atoms with Crippen LogP contribution in [-0.4, -0.2) is 88.3 Å². The summed E-state index contributed by atoms with van der Waals surface area (Å²) in [5.74, 6) is -2.47. The van der Waals surface area contributed by atoms with Gasteiger partial charge in [0.05, 0.1) is 18.1 Å². The Morgan fingerprint density at radius 2 is 1.77 bits per heavy atom. The van der Waals surface area contributed by atoms with Gasteiger partial charge in [0.1, 0.15) is 22.8 Å². The number of hydrogen-bond acceptors (Lipinski definition) is 9. The molecule has 4 amide bonds. The average Bonchev–Trinajstić information content (AvgIpc) is 3.80. The molecule has 2 aliphatic rings. The molecule has 258 valence electrons. The van der Waals surface area contributed by atoms with Crippen molar-refractivity contribution in [2.45, 2.75) is 70.9 Å². The van der Waals surface area contributed by atoms with Crippen LogP contribution >= 0.6 is 11.5 Å². The summed E-state index contributed by atoms with van der Waals surface area (Å²) < 4.78 is 24.9. The highest BCUT2D eigenvalue weighted by atomic mass is 32.1. The highest BCUT2D eigenvalue weighted by molar-refractivity contribution is 7.07. The van der Waals surface area contributed by atoms with Crippen molar-refractivity contribution in [3.63, 3.8) is 0 Å². The highest BCUT2D eigenvalue weighted by Crippen LogP contribution is 2.32. The number of carbonyl (C=O) groups excluding carboxylic acids is 4. The standard InChI is InChI=1S/C34H44FN7O5S/c1-5-22-12-17-47-30(22)33(45)39-29(23-8-6-20(2)7-9-23)32(44)37-26-11-10-24(18-25(26)35)21(3)28(38-31(43)27-19-36-40-48-27)34(46)42-15-13-41(4)14-16-42/h10-12,17-21,23,28-29H,5-9,13-16H2,1-4H3,(H,37,44)(H,38,43)(H,39,45)/t20?,21-,23?,28+,29-/m0/s1. The molecule has 0 spiro atoms. The second-order valence-electron chi connectivity index (χ2n) is 13.0. The van der Waals surface area contributed by atoms with Gasteiger partial charge in [0, 0.05) is 37.7 Å². The lowest BCUT2D eigenvalue weighted by Gasteiger charge is -2.36. The molecule has 2 fully saturated rings. The molecule has 3 heterocycles. The van der Waals surface area contributed by atoms with E-state index in [4.69, 9.17) is 4.42 Å². The molecule has 1 aliphatic heterocycles. The van der Waals surface area contributed by atoms with Gasteiger partial charge in [-0.1, -0.05) is 44.2 Å². The maximum absolute atomic E-state index is 15.7. The number of amides is 4. The summed E-state index contributed by atoms with van der Waals surface area (Å²) in [6.45, 7) is 8.25. The van der Waals surface area contributed by atoms with Gasteiger partial charge >= 0.3 is 0 Å². The van der Waals surface area contributed by atoms with E-state index in [1.807, 2.05) is 14.0 Å². The molecule has 3 N–H and O–H groups in total. The van der Waals surface area contributed by atoms with Gasteiger partial charge in [0.2, 0.25) is 11.8 Å². The molecule has 0 unspecified atom stereocenters. The lowest BCUT2D eigenvalue weighted by atomic mass is 9.79. The number of carbonyl (C=O) groups is 4. The molecule has 48 heavy (non-hydrogen) atoms. The van der Waals surface area contributed by atoms with E-state index < -0.39 is 41.5 Å². The molecular formula is C34H44FN7O5S. The van der Waals surface area contributed by atoms with Crippen LogP contribution in [0.5, 0.6) is 0 Å². The lowest BCUT2D eigenvalue weighted by molar-refractivity contribution is -0.135. The van der Waals surface area contributed by atoms with Crippen molar-refractivity contribution >= 4 is 40.8 Å². The van der Waals surface area contributed by atoms with E-state index >= 15 is 4.39 Å². The topological polar surface area (TPSA) is 150 Å². The first kappa shape index (κ1) is 35.1. The number of benzene rings is 1. The Morgan fingerprint density at radius 1 is 1.04 bits per heavy atom. The first-order valence-electron chi connectivity index (χ1n) is 16.6. The molecule has 3 atom stereocenters. The number of piperazine rings is 1. The first-order chi connectivity index (χ1) is 23.0. The Morgan fingerprint density at radius 3 is 2.42 bits per heavy atom. The van der Waals surface area contributed by atoms with E-state index in [1.54, 1.807) is 24.0 Å². The van der Waals surface area contributed by atoms with Crippen LogP contribution in [0.1, 0.15) is 83.7 Å². The number of nitrogens with one attached hydrogen (secondary N) is 3. The van der Waals surface area contributed by atoms with E-state index in [9.17, 15) is 19.2 Å². The molecule has 1 aromatic carbocycles. The number of halogens is 1. The van der Waals surface area contributed by atoms with E-state index in [1.165, 1.54) is 24.6 Å². The van der Waals surface area contributed by atoms with Crippen molar-refractivity contribution in [1.29, 1.82) is 0 Å². The zero-order chi connectivity index (χ0) is 34.4. The zero-order valence-corrected chi connectivity index (χ0v) is 28.6. The highest BCUT2D eigenvalue weighted by Gasteiger charge is 2.36. The number of rotatable bonds is 11. The Balaban J connectivity index is 1.34. The van der Waals surface area contributed by atoms with E-state index in [-0.39, 0.29) is 28.1 Å². The molecule has 12 nitrogen and oxygen atoms in total. The molecule has 1 aliphatic carbocycles. The summed E-state index contributed by atoms with van der Waals surface area (Å²) in [5.41, 5.74) is 1.16. The molecule has 2 aromatic heterocycles. The summed E-state index contributed by atoms with van der Waals surface area (Å²) in [6.07, 6.45) is 6.74. The van der Waals surface area contributed by atoms with Crippen LogP contribution < -0.4 is 16.0 Å². The molecular weight excluding hydrogens is 637 g/mol. The largest absolute Gasteiger partial charge is 0.459 e. The summed E-state index contributed by atoms with van der Waals surface area (Å²) in [7, 11) is 1.98. The maximum atomic E-state index is 15.7. The van der Waals surface area contributed by atoms with Crippen molar-refractivity contribution in [1.82, 2.24) is 30.0 Å². The van der Waals surface area contributed by atoms with Crippen LogP contribution in [0.15, 0.2) is 41.1 Å². The second-order valence-corrected chi connectivity index (χ2v) is 13.8.